The first kappa shape index (κ1) is 30.4. The fourth-order valence-corrected chi connectivity index (χ4v) is 6.56. The zero-order chi connectivity index (χ0) is 30.8. The third-order valence-electron chi connectivity index (χ3n) is 8.05. The molecule has 14 heteroatoms. The number of sulfonamides is 1. The predicted octanol–water partition coefficient (Wildman–Crippen LogP) is 5.00. The summed E-state index contributed by atoms with van der Waals surface area (Å²) in [6, 6.07) is 14.5. The van der Waals surface area contributed by atoms with Crippen LogP contribution >= 0.6 is 15.9 Å². The number of piperazine rings is 1. The Morgan fingerprint density at radius 2 is 1.68 bits per heavy atom. The molecule has 0 bridgehead atoms. The van der Waals surface area contributed by atoms with Gasteiger partial charge >= 0.3 is 0 Å². The molecule has 2 fully saturated rings. The lowest BCUT2D eigenvalue weighted by Gasteiger charge is -2.42. The van der Waals surface area contributed by atoms with Crippen LogP contribution in [-0.4, -0.2) is 91.8 Å². The van der Waals surface area contributed by atoms with Crippen LogP contribution in [0.25, 0.3) is 10.9 Å². The van der Waals surface area contributed by atoms with Gasteiger partial charge < -0.3 is 20.4 Å². The maximum absolute atomic E-state index is 13.8. The summed E-state index contributed by atoms with van der Waals surface area (Å²) >= 11 is 3.43. The van der Waals surface area contributed by atoms with Crippen LogP contribution in [0.1, 0.15) is 12.8 Å². The van der Waals surface area contributed by atoms with Gasteiger partial charge in [-0.15, -0.1) is 0 Å². The number of hydrogen-bond acceptors (Lipinski definition) is 10. The summed E-state index contributed by atoms with van der Waals surface area (Å²) in [6.45, 7) is 6.64. The standard InChI is InChI=1S/C30H35BrFN9O2S/c1-39-13-15-40(16-14-39)23-9-11-41(12-10-23)28-8-3-20-17-22(5-7-25(20)35-28)34-30-33-19-24(31)29(37-30)36-26-6-4-21(32)18-27(26)38-44(2,42)43/h3-8,17-19,23,38H,9-16H2,1-2H3,(H2,33,34,36,37). The van der Waals surface area contributed by atoms with Gasteiger partial charge in [-0.1, -0.05) is 0 Å². The van der Waals surface area contributed by atoms with Crippen molar-refractivity contribution in [3.8, 4) is 0 Å². The van der Waals surface area contributed by atoms with E-state index in [9.17, 15) is 12.8 Å². The van der Waals surface area contributed by atoms with Gasteiger partial charge in [-0.3, -0.25) is 9.62 Å². The molecule has 2 aromatic carbocycles. The smallest absolute Gasteiger partial charge is 0.229 e. The Kier molecular flexibility index (Phi) is 8.85. The van der Waals surface area contributed by atoms with E-state index in [1.165, 1.54) is 12.1 Å². The minimum atomic E-state index is -3.63. The number of pyridine rings is 1. The van der Waals surface area contributed by atoms with Crippen molar-refractivity contribution >= 4 is 71.5 Å². The highest BCUT2D eigenvalue weighted by molar-refractivity contribution is 9.10. The number of nitrogens with one attached hydrogen (secondary N) is 3. The molecule has 0 radical (unpaired) electrons. The molecule has 2 aliphatic rings. The average molecular weight is 685 g/mol. The second kappa shape index (κ2) is 12.8. The number of rotatable bonds is 8. The Bertz CT molecular complexity index is 1760. The summed E-state index contributed by atoms with van der Waals surface area (Å²) in [7, 11) is -1.43. The summed E-state index contributed by atoms with van der Waals surface area (Å²) < 4.78 is 40.3. The monoisotopic (exact) mass is 683 g/mol. The fraction of sp³-hybridized carbons (Fsp3) is 0.367. The van der Waals surface area contributed by atoms with Gasteiger partial charge in [0.25, 0.3) is 0 Å². The molecule has 0 saturated carbocycles. The Morgan fingerprint density at radius 1 is 0.909 bits per heavy atom. The lowest BCUT2D eigenvalue weighted by Crippen LogP contribution is -2.52. The number of hydrogen-bond donors (Lipinski definition) is 3. The minimum absolute atomic E-state index is 0.0633. The van der Waals surface area contributed by atoms with Gasteiger partial charge in [-0.05, 0) is 78.3 Å². The molecule has 2 aliphatic heterocycles. The van der Waals surface area contributed by atoms with Crippen LogP contribution in [0.4, 0.5) is 39.0 Å². The van der Waals surface area contributed by atoms with E-state index in [0.717, 1.165) is 86.8 Å². The van der Waals surface area contributed by atoms with Gasteiger partial charge in [0.15, 0.2) is 0 Å². The highest BCUT2D eigenvalue weighted by Gasteiger charge is 2.27. The van der Waals surface area contributed by atoms with Crippen molar-refractivity contribution in [1.82, 2.24) is 24.8 Å². The van der Waals surface area contributed by atoms with Gasteiger partial charge in [0.1, 0.15) is 17.5 Å². The van der Waals surface area contributed by atoms with Crippen molar-refractivity contribution in [3.63, 3.8) is 0 Å². The normalized spacial score (nSPS) is 17.1. The Labute approximate surface area is 265 Å². The first-order chi connectivity index (χ1) is 21.1. The molecule has 0 amide bonds. The van der Waals surface area contributed by atoms with E-state index >= 15 is 0 Å². The molecule has 3 N–H and O–H groups in total. The fourth-order valence-electron chi connectivity index (χ4n) is 5.70. The van der Waals surface area contributed by atoms with E-state index in [1.54, 1.807) is 6.20 Å². The molecular weight excluding hydrogens is 649 g/mol. The maximum Gasteiger partial charge on any atom is 0.229 e. The number of benzene rings is 2. The van der Waals surface area contributed by atoms with E-state index in [1.807, 2.05) is 18.2 Å². The maximum atomic E-state index is 13.8. The van der Waals surface area contributed by atoms with Crippen molar-refractivity contribution in [2.45, 2.75) is 18.9 Å². The second-order valence-corrected chi connectivity index (χ2v) is 13.9. The quantitative estimate of drug-likeness (QED) is 0.234. The number of aromatic nitrogens is 3. The zero-order valence-electron chi connectivity index (χ0n) is 24.6. The Balaban J connectivity index is 1.13. The van der Waals surface area contributed by atoms with Gasteiger partial charge in [-0.2, -0.15) is 4.98 Å². The summed E-state index contributed by atoms with van der Waals surface area (Å²) in [4.78, 5) is 21.3. The van der Waals surface area contributed by atoms with Gasteiger partial charge in [0, 0.05) is 68.6 Å². The molecule has 0 spiro atoms. The second-order valence-electron chi connectivity index (χ2n) is 11.3. The molecule has 6 rings (SSSR count). The first-order valence-corrected chi connectivity index (χ1v) is 17.2. The summed E-state index contributed by atoms with van der Waals surface area (Å²) in [5.41, 5.74) is 2.09. The van der Waals surface area contributed by atoms with E-state index < -0.39 is 15.8 Å². The molecule has 232 valence electrons. The van der Waals surface area contributed by atoms with Gasteiger partial charge in [-0.25, -0.2) is 22.8 Å². The number of anilines is 6. The number of piperidine rings is 1. The van der Waals surface area contributed by atoms with Crippen LogP contribution in [0.3, 0.4) is 0 Å². The highest BCUT2D eigenvalue weighted by Crippen LogP contribution is 2.31. The minimum Gasteiger partial charge on any atom is -0.356 e. The molecule has 0 unspecified atom stereocenters. The number of likely N-dealkylation sites (N-methyl/N-ethyl adjacent to an activating group) is 1. The summed E-state index contributed by atoms with van der Waals surface area (Å²) in [5, 5.41) is 7.27. The first-order valence-electron chi connectivity index (χ1n) is 14.5. The molecule has 0 atom stereocenters. The van der Waals surface area contributed by atoms with E-state index in [4.69, 9.17) is 4.98 Å². The molecule has 4 heterocycles. The van der Waals surface area contributed by atoms with Crippen LogP contribution in [0.15, 0.2) is 59.2 Å². The van der Waals surface area contributed by atoms with Gasteiger partial charge in [0.05, 0.1) is 27.6 Å². The largest absolute Gasteiger partial charge is 0.356 e. The third-order valence-corrected chi connectivity index (χ3v) is 9.22. The molecule has 44 heavy (non-hydrogen) atoms. The van der Waals surface area contributed by atoms with Crippen LogP contribution in [0.2, 0.25) is 0 Å². The average Bonchev–Trinajstić information content (AvgIpc) is 2.99. The predicted molar refractivity (Wildman–Crippen MR) is 177 cm³/mol. The van der Waals surface area contributed by atoms with E-state index in [-0.39, 0.29) is 5.69 Å². The molecule has 2 saturated heterocycles. The van der Waals surface area contributed by atoms with E-state index in [0.29, 0.717) is 28.0 Å². The number of fused-ring (bicyclic) bond motifs is 1. The SMILES string of the molecule is CN1CCN(C2CCN(c3ccc4cc(Nc5ncc(Br)c(Nc6ccc(F)cc6NS(C)(=O)=O)n5)ccc4n3)CC2)CC1. The number of halogens is 2. The number of nitrogens with zero attached hydrogens (tertiary/aromatic N) is 6. The Hall–Kier alpha value is -3.59. The third kappa shape index (κ3) is 7.37. The van der Waals surface area contributed by atoms with E-state index in [2.05, 4.69) is 75.1 Å². The zero-order valence-corrected chi connectivity index (χ0v) is 27.0. The highest BCUT2D eigenvalue weighted by atomic mass is 79.9. The van der Waals surface area contributed by atoms with Crippen molar-refractivity contribution in [3.05, 3.63) is 65.0 Å². The topological polar surface area (TPSA) is 119 Å². The summed E-state index contributed by atoms with van der Waals surface area (Å²) in [5.74, 6) is 1.12. The molecule has 2 aromatic heterocycles. The Morgan fingerprint density at radius 3 is 2.43 bits per heavy atom. The van der Waals surface area contributed by atoms with Crippen LogP contribution in [0.5, 0.6) is 0 Å². The van der Waals surface area contributed by atoms with Crippen molar-refractivity contribution in [1.29, 1.82) is 0 Å². The molecule has 4 aromatic rings. The van der Waals surface area contributed by atoms with Crippen LogP contribution in [0, 0.1) is 5.82 Å². The molecule has 0 aliphatic carbocycles. The van der Waals surface area contributed by atoms with Crippen molar-refractivity contribution in [2.24, 2.45) is 0 Å². The summed E-state index contributed by atoms with van der Waals surface area (Å²) in [6.07, 6.45) is 4.90. The van der Waals surface area contributed by atoms with Crippen molar-refractivity contribution < 1.29 is 12.8 Å². The lowest BCUT2D eigenvalue weighted by atomic mass is 10.0. The molecular formula is C30H35BrFN9O2S. The van der Waals surface area contributed by atoms with Crippen molar-refractivity contribution in [2.75, 3.05) is 72.8 Å². The molecule has 11 nitrogen and oxygen atoms in total. The van der Waals surface area contributed by atoms with Crippen LogP contribution < -0.4 is 20.3 Å². The van der Waals surface area contributed by atoms with Gasteiger partial charge in [0.2, 0.25) is 16.0 Å². The van der Waals surface area contributed by atoms with Crippen LogP contribution in [-0.2, 0) is 10.0 Å². The lowest BCUT2D eigenvalue weighted by molar-refractivity contribution is 0.0981.